The molecule has 0 saturated heterocycles. The Morgan fingerprint density at radius 2 is 1.82 bits per heavy atom. The fourth-order valence-corrected chi connectivity index (χ4v) is 2.08. The third kappa shape index (κ3) is 2.36. The van der Waals surface area contributed by atoms with Crippen LogP contribution in [0.4, 0.5) is 10.1 Å². The van der Waals surface area contributed by atoms with Crippen LogP contribution < -0.4 is 5.73 Å². The van der Waals surface area contributed by atoms with Crippen LogP contribution in [0.25, 0.3) is 0 Å². The van der Waals surface area contributed by atoms with Gasteiger partial charge in [0.05, 0.1) is 5.56 Å². The fraction of sp³-hybridized carbons (Fsp3) is 0. The van der Waals surface area contributed by atoms with Gasteiger partial charge >= 0.3 is 0 Å². The Balaban J connectivity index is 2.48. The van der Waals surface area contributed by atoms with E-state index in [1.54, 1.807) is 30.3 Å². The quantitative estimate of drug-likeness (QED) is 0.681. The molecule has 2 aromatic carbocycles. The maximum atomic E-state index is 13.5. The predicted octanol–water partition coefficient (Wildman–Crippen LogP) is 3.40. The number of nitrogen functional groups attached to an aromatic ring is 1. The highest BCUT2D eigenvalue weighted by Crippen LogP contribution is 2.23. The van der Waals surface area contributed by atoms with E-state index in [1.807, 2.05) is 0 Å². The van der Waals surface area contributed by atoms with Crippen LogP contribution in [0, 0.1) is 5.82 Å². The van der Waals surface area contributed by atoms with Crippen LogP contribution in [0.15, 0.2) is 46.9 Å². The number of ketones is 1. The van der Waals surface area contributed by atoms with E-state index in [4.69, 9.17) is 5.73 Å². The van der Waals surface area contributed by atoms with Gasteiger partial charge in [0.15, 0.2) is 5.78 Å². The summed E-state index contributed by atoms with van der Waals surface area (Å²) in [6.07, 6.45) is 0. The van der Waals surface area contributed by atoms with E-state index in [1.165, 1.54) is 12.1 Å². The van der Waals surface area contributed by atoms with Crippen molar-refractivity contribution in [2.45, 2.75) is 0 Å². The summed E-state index contributed by atoms with van der Waals surface area (Å²) in [7, 11) is 0. The predicted molar refractivity (Wildman–Crippen MR) is 68.4 cm³/mol. The SMILES string of the molecule is Nc1ccc(C(=O)c2ccccc2F)c(Br)c1. The maximum absolute atomic E-state index is 13.5. The molecule has 2 aromatic rings. The van der Waals surface area contributed by atoms with E-state index in [9.17, 15) is 9.18 Å². The second-order valence-corrected chi connectivity index (χ2v) is 4.40. The molecule has 17 heavy (non-hydrogen) atoms. The number of benzene rings is 2. The third-order valence-electron chi connectivity index (χ3n) is 2.36. The first-order valence-corrected chi connectivity index (χ1v) is 5.73. The van der Waals surface area contributed by atoms with Crippen molar-refractivity contribution in [2.24, 2.45) is 0 Å². The van der Waals surface area contributed by atoms with Crippen molar-refractivity contribution in [3.05, 3.63) is 63.9 Å². The molecule has 0 bridgehead atoms. The molecule has 0 amide bonds. The molecule has 0 unspecified atom stereocenters. The van der Waals surface area contributed by atoms with Gasteiger partial charge in [-0.3, -0.25) is 4.79 Å². The molecule has 4 heteroatoms. The van der Waals surface area contributed by atoms with Crippen molar-refractivity contribution in [1.82, 2.24) is 0 Å². The van der Waals surface area contributed by atoms with Crippen molar-refractivity contribution in [2.75, 3.05) is 5.73 Å². The lowest BCUT2D eigenvalue weighted by atomic mass is 10.0. The molecule has 0 heterocycles. The average Bonchev–Trinajstić information content (AvgIpc) is 2.29. The second-order valence-electron chi connectivity index (χ2n) is 3.55. The van der Waals surface area contributed by atoms with Crippen molar-refractivity contribution in [1.29, 1.82) is 0 Å². The summed E-state index contributed by atoms with van der Waals surface area (Å²) in [5.74, 6) is -0.892. The standard InChI is InChI=1S/C13H9BrFNO/c14-11-7-8(16)5-6-9(11)13(17)10-3-1-2-4-12(10)15/h1-7H,16H2. The van der Waals surface area contributed by atoms with Crippen molar-refractivity contribution >= 4 is 27.4 Å². The van der Waals surface area contributed by atoms with E-state index in [-0.39, 0.29) is 11.3 Å². The third-order valence-corrected chi connectivity index (χ3v) is 3.01. The Bertz CT molecular complexity index is 583. The molecule has 0 atom stereocenters. The lowest BCUT2D eigenvalue weighted by Gasteiger charge is -2.05. The number of rotatable bonds is 2. The molecule has 86 valence electrons. The first kappa shape index (κ1) is 11.8. The van der Waals surface area contributed by atoms with Crippen LogP contribution >= 0.6 is 15.9 Å². The number of nitrogens with two attached hydrogens (primary N) is 1. The van der Waals surface area contributed by atoms with Gasteiger partial charge in [-0.2, -0.15) is 0 Å². The van der Waals surface area contributed by atoms with E-state index >= 15 is 0 Å². The summed E-state index contributed by atoms with van der Waals surface area (Å²) >= 11 is 3.25. The highest BCUT2D eigenvalue weighted by molar-refractivity contribution is 9.10. The van der Waals surface area contributed by atoms with Crippen molar-refractivity contribution in [3.63, 3.8) is 0 Å². The minimum atomic E-state index is -0.527. The Morgan fingerprint density at radius 1 is 1.12 bits per heavy atom. The smallest absolute Gasteiger partial charge is 0.197 e. The zero-order valence-corrected chi connectivity index (χ0v) is 10.4. The zero-order chi connectivity index (χ0) is 12.4. The number of carbonyl (C=O) groups excluding carboxylic acids is 1. The van der Waals surface area contributed by atoms with Gasteiger partial charge in [-0.15, -0.1) is 0 Å². The summed E-state index contributed by atoms with van der Waals surface area (Å²) in [5.41, 5.74) is 6.57. The lowest BCUT2D eigenvalue weighted by Crippen LogP contribution is -2.05. The van der Waals surface area contributed by atoms with Gasteiger partial charge in [-0.25, -0.2) is 4.39 Å². The van der Waals surface area contributed by atoms with Crippen LogP contribution in [0.1, 0.15) is 15.9 Å². The summed E-state index contributed by atoms with van der Waals surface area (Å²) in [4.78, 5) is 12.1. The van der Waals surface area contributed by atoms with Crippen molar-refractivity contribution in [3.8, 4) is 0 Å². The number of hydrogen-bond acceptors (Lipinski definition) is 2. The first-order chi connectivity index (χ1) is 8.09. The normalized spacial score (nSPS) is 10.2. The largest absolute Gasteiger partial charge is 0.399 e. The fourth-order valence-electron chi connectivity index (χ4n) is 1.51. The van der Waals surface area contributed by atoms with Crippen LogP contribution in [-0.2, 0) is 0 Å². The van der Waals surface area contributed by atoms with E-state index in [2.05, 4.69) is 15.9 Å². The van der Waals surface area contributed by atoms with E-state index in [0.717, 1.165) is 0 Å². The molecule has 0 aliphatic carbocycles. The molecular formula is C13H9BrFNO. The monoisotopic (exact) mass is 293 g/mol. The molecule has 2 rings (SSSR count). The molecule has 2 nitrogen and oxygen atoms in total. The summed E-state index contributed by atoms with van der Waals surface area (Å²) in [6.45, 7) is 0. The van der Waals surface area contributed by atoms with Gasteiger partial charge in [0.2, 0.25) is 0 Å². The summed E-state index contributed by atoms with van der Waals surface area (Å²) in [6, 6.07) is 10.7. The molecule has 2 N–H and O–H groups in total. The van der Waals surface area contributed by atoms with Crippen LogP contribution in [0.2, 0.25) is 0 Å². The van der Waals surface area contributed by atoms with Gasteiger partial charge in [0.25, 0.3) is 0 Å². The Morgan fingerprint density at radius 3 is 2.47 bits per heavy atom. The number of carbonyl (C=O) groups is 1. The highest BCUT2D eigenvalue weighted by Gasteiger charge is 2.15. The Hall–Kier alpha value is -1.68. The van der Waals surface area contributed by atoms with Crippen LogP contribution in [0.5, 0.6) is 0 Å². The number of halogens is 2. The topological polar surface area (TPSA) is 43.1 Å². The number of anilines is 1. The summed E-state index contributed by atoms with van der Waals surface area (Å²) in [5, 5.41) is 0. The van der Waals surface area contributed by atoms with Crippen molar-refractivity contribution < 1.29 is 9.18 Å². The van der Waals surface area contributed by atoms with Gasteiger partial charge in [0.1, 0.15) is 5.82 Å². The van der Waals surface area contributed by atoms with Crippen LogP contribution in [0.3, 0.4) is 0 Å². The molecule has 0 radical (unpaired) electrons. The summed E-state index contributed by atoms with van der Waals surface area (Å²) < 4.78 is 14.0. The maximum Gasteiger partial charge on any atom is 0.197 e. The van der Waals surface area contributed by atoms with Gasteiger partial charge < -0.3 is 5.73 Å². The average molecular weight is 294 g/mol. The highest BCUT2D eigenvalue weighted by atomic mass is 79.9. The second kappa shape index (κ2) is 4.67. The minimum absolute atomic E-state index is 0.0537. The van der Waals surface area contributed by atoms with E-state index < -0.39 is 5.82 Å². The number of hydrogen-bond donors (Lipinski definition) is 1. The molecule has 0 saturated carbocycles. The lowest BCUT2D eigenvalue weighted by molar-refractivity contribution is 0.103. The molecule has 0 aromatic heterocycles. The zero-order valence-electron chi connectivity index (χ0n) is 8.78. The molecular weight excluding hydrogens is 285 g/mol. The van der Waals surface area contributed by atoms with Gasteiger partial charge in [-0.1, -0.05) is 12.1 Å². The van der Waals surface area contributed by atoms with Crippen LogP contribution in [-0.4, -0.2) is 5.78 Å². The Kier molecular flexibility index (Phi) is 3.24. The van der Waals surface area contributed by atoms with Gasteiger partial charge in [-0.05, 0) is 46.3 Å². The first-order valence-electron chi connectivity index (χ1n) is 4.94. The Labute approximate surface area is 106 Å². The van der Waals surface area contributed by atoms with Gasteiger partial charge in [0, 0.05) is 15.7 Å². The van der Waals surface area contributed by atoms with E-state index in [0.29, 0.717) is 15.7 Å². The minimum Gasteiger partial charge on any atom is -0.399 e. The molecule has 0 aliphatic heterocycles. The molecule has 0 spiro atoms. The molecule has 0 fully saturated rings. The molecule has 0 aliphatic rings.